The van der Waals surface area contributed by atoms with Gasteiger partial charge in [0.05, 0.1) is 12.7 Å². The van der Waals surface area contributed by atoms with E-state index in [9.17, 15) is 0 Å². The van der Waals surface area contributed by atoms with E-state index < -0.39 is 0 Å². The van der Waals surface area contributed by atoms with Crippen LogP contribution in [0.15, 0.2) is 11.1 Å². The molecule has 0 aromatic carbocycles. The van der Waals surface area contributed by atoms with Gasteiger partial charge in [0.2, 0.25) is 0 Å². The maximum atomic E-state index is 5.98. The second-order valence-electron chi connectivity index (χ2n) is 6.09. The highest BCUT2D eigenvalue weighted by molar-refractivity contribution is 7.99. The zero-order chi connectivity index (χ0) is 12.5. The number of thioether (sulfide) groups is 1. The molecule has 0 unspecified atom stereocenters. The number of allylic oxidation sites excluding steroid dienone is 1. The van der Waals surface area contributed by atoms with Crippen LogP contribution in [0.4, 0.5) is 0 Å². The first-order valence-corrected chi connectivity index (χ1v) is 7.96. The van der Waals surface area contributed by atoms with Gasteiger partial charge in [-0.05, 0) is 63.2 Å². The van der Waals surface area contributed by atoms with Gasteiger partial charge in [-0.25, -0.2) is 0 Å². The molecule has 17 heavy (non-hydrogen) atoms. The van der Waals surface area contributed by atoms with Crippen molar-refractivity contribution in [3.8, 4) is 0 Å². The van der Waals surface area contributed by atoms with Crippen molar-refractivity contribution in [3.63, 3.8) is 0 Å². The molecule has 98 valence electrons. The molecule has 2 heteroatoms. The first-order chi connectivity index (χ1) is 8.02. The smallest absolute Gasteiger partial charge is 0.0680 e. The Morgan fingerprint density at radius 1 is 1.12 bits per heavy atom. The average Bonchev–Trinajstić information content (AvgIpc) is 3.09. The minimum atomic E-state index is 0.372. The lowest BCUT2D eigenvalue weighted by Crippen LogP contribution is -2.22. The molecule has 1 spiro atoms. The number of hydrogen-bond acceptors (Lipinski definition) is 2. The lowest BCUT2D eigenvalue weighted by Gasteiger charge is -2.22. The number of rotatable bonds is 0. The third-order valence-electron chi connectivity index (χ3n) is 4.59. The molecule has 0 aromatic rings. The molecule has 1 saturated carbocycles. The summed E-state index contributed by atoms with van der Waals surface area (Å²) in [6.07, 6.45) is 5.95. The molecule has 0 aromatic heterocycles. The predicted octanol–water partition coefficient (Wildman–Crippen LogP) is 4.42. The summed E-state index contributed by atoms with van der Waals surface area (Å²) in [6, 6.07) is 0. The Kier molecular flexibility index (Phi) is 4.25. The zero-order valence-corrected chi connectivity index (χ0v) is 12.5. The second-order valence-corrected chi connectivity index (χ2v) is 7.46. The fourth-order valence-corrected chi connectivity index (χ4v) is 3.67. The molecule has 2 atom stereocenters. The van der Waals surface area contributed by atoms with Gasteiger partial charge in [0.25, 0.3) is 0 Å². The van der Waals surface area contributed by atoms with E-state index >= 15 is 0 Å². The summed E-state index contributed by atoms with van der Waals surface area (Å²) in [6.45, 7) is 9.88. The van der Waals surface area contributed by atoms with Crippen LogP contribution >= 0.6 is 11.8 Å². The standard InChI is InChI=1S/C15H26OS/c1-11-5-6-15(7-8-15)10-17-14(4)13(3)16-9-12(11)2/h13-14H,5-10H2,1-4H3/b12-11-/t13-,14+/m1/s1. The van der Waals surface area contributed by atoms with E-state index in [2.05, 4.69) is 39.5 Å². The van der Waals surface area contributed by atoms with Gasteiger partial charge in [0.15, 0.2) is 0 Å². The molecule has 0 amide bonds. The molecular formula is C15H26OS. The molecule has 1 nitrogen and oxygen atoms in total. The molecule has 1 fully saturated rings. The highest BCUT2D eigenvalue weighted by Crippen LogP contribution is 2.53. The summed E-state index contributed by atoms with van der Waals surface area (Å²) in [7, 11) is 0. The van der Waals surface area contributed by atoms with Gasteiger partial charge < -0.3 is 4.74 Å². The van der Waals surface area contributed by atoms with E-state index in [4.69, 9.17) is 4.74 Å². The second kappa shape index (κ2) is 5.36. The number of hydrogen-bond donors (Lipinski definition) is 0. The van der Waals surface area contributed by atoms with Crippen LogP contribution in [0.5, 0.6) is 0 Å². The predicted molar refractivity (Wildman–Crippen MR) is 76.6 cm³/mol. The van der Waals surface area contributed by atoms with Gasteiger partial charge in [0, 0.05) is 5.25 Å². The first kappa shape index (κ1) is 13.5. The van der Waals surface area contributed by atoms with Crippen molar-refractivity contribution in [3.05, 3.63) is 11.1 Å². The minimum Gasteiger partial charge on any atom is -0.373 e. The summed E-state index contributed by atoms with van der Waals surface area (Å²) >= 11 is 2.12. The third kappa shape index (κ3) is 3.51. The van der Waals surface area contributed by atoms with Crippen LogP contribution in [0, 0.1) is 5.41 Å². The van der Waals surface area contributed by atoms with Crippen LogP contribution in [0.2, 0.25) is 0 Å². The SMILES string of the molecule is C/C1=C(\C)CO[C@H](C)[C@H](C)SCC2(CC1)CC2. The van der Waals surface area contributed by atoms with E-state index in [1.807, 2.05) is 0 Å². The van der Waals surface area contributed by atoms with Gasteiger partial charge in [-0.1, -0.05) is 12.5 Å². The zero-order valence-electron chi connectivity index (χ0n) is 11.7. The Hall–Kier alpha value is 0.0500. The van der Waals surface area contributed by atoms with Crippen molar-refractivity contribution in [2.24, 2.45) is 5.41 Å². The molecule has 2 rings (SSSR count). The van der Waals surface area contributed by atoms with E-state index in [1.165, 1.54) is 37.0 Å². The van der Waals surface area contributed by atoms with Crippen LogP contribution in [0.3, 0.4) is 0 Å². The van der Waals surface area contributed by atoms with Crippen molar-refractivity contribution < 1.29 is 4.74 Å². The van der Waals surface area contributed by atoms with Crippen molar-refractivity contribution >= 4 is 11.8 Å². The van der Waals surface area contributed by atoms with E-state index in [0.717, 1.165) is 6.61 Å². The molecular weight excluding hydrogens is 228 g/mol. The maximum absolute atomic E-state index is 5.98. The summed E-state index contributed by atoms with van der Waals surface area (Å²) in [5, 5.41) is 0.624. The largest absolute Gasteiger partial charge is 0.373 e. The fraction of sp³-hybridized carbons (Fsp3) is 0.867. The Morgan fingerprint density at radius 3 is 2.47 bits per heavy atom. The molecule has 0 bridgehead atoms. The molecule has 1 aliphatic heterocycles. The Balaban J connectivity index is 2.05. The Bertz CT molecular complexity index is 304. The van der Waals surface area contributed by atoms with Gasteiger partial charge in [-0.15, -0.1) is 0 Å². The van der Waals surface area contributed by atoms with Gasteiger partial charge in [-0.2, -0.15) is 11.8 Å². The Morgan fingerprint density at radius 2 is 1.82 bits per heavy atom. The summed E-state index contributed by atoms with van der Waals surface area (Å²) < 4.78 is 5.98. The van der Waals surface area contributed by atoms with Gasteiger partial charge in [-0.3, -0.25) is 0 Å². The summed E-state index contributed by atoms with van der Waals surface area (Å²) in [5.74, 6) is 1.34. The average molecular weight is 254 g/mol. The normalized spacial score (nSPS) is 38.8. The molecule has 1 heterocycles. The van der Waals surface area contributed by atoms with Crippen LogP contribution in [0.25, 0.3) is 0 Å². The molecule has 2 aliphatic rings. The lowest BCUT2D eigenvalue weighted by molar-refractivity contribution is 0.0844. The first-order valence-electron chi connectivity index (χ1n) is 6.91. The molecule has 0 N–H and O–H groups in total. The monoisotopic (exact) mass is 254 g/mol. The van der Waals surface area contributed by atoms with Crippen LogP contribution in [-0.2, 0) is 4.74 Å². The lowest BCUT2D eigenvalue weighted by atomic mass is 9.97. The summed E-state index contributed by atoms with van der Waals surface area (Å²) in [5.41, 5.74) is 3.69. The Labute approximate surface area is 110 Å². The van der Waals surface area contributed by atoms with Crippen molar-refractivity contribution in [1.29, 1.82) is 0 Å². The minimum absolute atomic E-state index is 0.372. The topological polar surface area (TPSA) is 9.23 Å². The highest BCUT2D eigenvalue weighted by atomic mass is 32.2. The van der Waals surface area contributed by atoms with Crippen LogP contribution in [0.1, 0.15) is 53.4 Å². The van der Waals surface area contributed by atoms with Crippen molar-refractivity contribution in [2.75, 3.05) is 12.4 Å². The number of ether oxygens (including phenoxy) is 1. The van der Waals surface area contributed by atoms with E-state index in [0.29, 0.717) is 16.8 Å². The van der Waals surface area contributed by atoms with Gasteiger partial charge >= 0.3 is 0 Å². The molecule has 0 saturated heterocycles. The fourth-order valence-electron chi connectivity index (χ4n) is 2.27. The van der Waals surface area contributed by atoms with Crippen molar-refractivity contribution in [2.45, 2.75) is 64.7 Å². The van der Waals surface area contributed by atoms with Crippen molar-refractivity contribution in [1.82, 2.24) is 0 Å². The quantitative estimate of drug-likeness (QED) is 0.592. The van der Waals surface area contributed by atoms with Crippen LogP contribution in [-0.4, -0.2) is 23.7 Å². The van der Waals surface area contributed by atoms with E-state index in [1.54, 1.807) is 5.57 Å². The third-order valence-corrected chi connectivity index (χ3v) is 6.28. The molecule has 1 aliphatic carbocycles. The highest BCUT2D eigenvalue weighted by Gasteiger charge is 2.42. The molecule has 0 radical (unpaired) electrons. The van der Waals surface area contributed by atoms with Gasteiger partial charge in [0.1, 0.15) is 0 Å². The maximum Gasteiger partial charge on any atom is 0.0680 e. The summed E-state index contributed by atoms with van der Waals surface area (Å²) in [4.78, 5) is 0. The van der Waals surface area contributed by atoms with Crippen LogP contribution < -0.4 is 0 Å². The van der Waals surface area contributed by atoms with E-state index in [-0.39, 0.29) is 0 Å².